The van der Waals surface area contributed by atoms with Crippen LogP contribution >= 0.6 is 11.6 Å². The third-order valence-electron chi connectivity index (χ3n) is 3.17. The molecule has 0 aliphatic rings. The molecule has 2 aromatic rings. The molecule has 0 amide bonds. The molecule has 0 radical (unpaired) electrons. The van der Waals surface area contributed by atoms with Crippen LogP contribution in [-0.2, 0) is 13.1 Å². The first-order valence-electron chi connectivity index (χ1n) is 6.62. The zero-order valence-corrected chi connectivity index (χ0v) is 12.2. The Bertz CT molecular complexity index is 507. The van der Waals surface area contributed by atoms with Crippen molar-refractivity contribution in [3.8, 4) is 0 Å². The molecule has 1 N–H and O–H groups in total. The SMILES string of the molecule is CCn1nc(C)cc1CNC(CCl)c1ccccc1. The van der Waals surface area contributed by atoms with Crippen LogP contribution in [0.2, 0.25) is 0 Å². The van der Waals surface area contributed by atoms with Crippen LogP contribution in [0.25, 0.3) is 0 Å². The molecule has 0 saturated carbocycles. The first-order chi connectivity index (χ1) is 9.24. The van der Waals surface area contributed by atoms with Crippen molar-refractivity contribution in [3.63, 3.8) is 0 Å². The van der Waals surface area contributed by atoms with Crippen molar-refractivity contribution in [2.45, 2.75) is 33.0 Å². The summed E-state index contributed by atoms with van der Waals surface area (Å²) in [7, 11) is 0. The van der Waals surface area contributed by atoms with E-state index in [1.54, 1.807) is 0 Å². The highest BCUT2D eigenvalue weighted by atomic mass is 35.5. The molecular weight excluding hydrogens is 258 g/mol. The Morgan fingerprint density at radius 3 is 2.68 bits per heavy atom. The van der Waals surface area contributed by atoms with Crippen LogP contribution in [0.3, 0.4) is 0 Å². The van der Waals surface area contributed by atoms with E-state index in [-0.39, 0.29) is 6.04 Å². The van der Waals surface area contributed by atoms with Crippen molar-refractivity contribution in [2.75, 3.05) is 5.88 Å². The van der Waals surface area contributed by atoms with Gasteiger partial charge < -0.3 is 5.32 Å². The normalized spacial score (nSPS) is 12.6. The quantitative estimate of drug-likeness (QED) is 0.821. The maximum Gasteiger partial charge on any atom is 0.0597 e. The fraction of sp³-hybridized carbons (Fsp3) is 0.400. The van der Waals surface area contributed by atoms with Gasteiger partial charge in [-0.2, -0.15) is 5.10 Å². The molecule has 0 saturated heterocycles. The first-order valence-corrected chi connectivity index (χ1v) is 7.15. The summed E-state index contributed by atoms with van der Waals surface area (Å²) in [6, 6.07) is 12.6. The second-order valence-corrected chi connectivity index (χ2v) is 4.90. The van der Waals surface area contributed by atoms with Crippen molar-refractivity contribution < 1.29 is 0 Å². The molecule has 2 rings (SSSR count). The van der Waals surface area contributed by atoms with E-state index in [1.165, 1.54) is 11.3 Å². The Balaban J connectivity index is 2.04. The molecule has 0 aliphatic heterocycles. The van der Waals surface area contributed by atoms with Gasteiger partial charge in [-0.05, 0) is 25.5 Å². The first kappa shape index (κ1) is 14.1. The van der Waals surface area contributed by atoms with Crippen LogP contribution in [0.15, 0.2) is 36.4 Å². The Labute approximate surface area is 119 Å². The number of nitrogens with one attached hydrogen (secondary N) is 1. The van der Waals surface area contributed by atoms with Gasteiger partial charge in [0.2, 0.25) is 0 Å². The number of rotatable bonds is 6. The molecule has 3 nitrogen and oxygen atoms in total. The van der Waals surface area contributed by atoms with Crippen LogP contribution in [-0.4, -0.2) is 15.7 Å². The molecule has 1 aromatic heterocycles. The van der Waals surface area contributed by atoms with E-state index in [1.807, 2.05) is 29.8 Å². The van der Waals surface area contributed by atoms with Gasteiger partial charge in [0.05, 0.1) is 11.4 Å². The van der Waals surface area contributed by atoms with Crippen molar-refractivity contribution in [3.05, 3.63) is 53.3 Å². The second kappa shape index (κ2) is 6.73. The lowest BCUT2D eigenvalue weighted by atomic mass is 10.1. The fourth-order valence-electron chi connectivity index (χ4n) is 2.19. The van der Waals surface area contributed by atoms with Gasteiger partial charge in [0.15, 0.2) is 0 Å². The van der Waals surface area contributed by atoms with Gasteiger partial charge in [0, 0.05) is 25.0 Å². The van der Waals surface area contributed by atoms with Gasteiger partial charge in [0.25, 0.3) is 0 Å². The predicted octanol–water partition coefficient (Wildman–Crippen LogP) is 3.28. The number of hydrogen-bond donors (Lipinski definition) is 1. The Morgan fingerprint density at radius 2 is 2.05 bits per heavy atom. The van der Waals surface area contributed by atoms with E-state index < -0.39 is 0 Å². The number of benzene rings is 1. The minimum Gasteiger partial charge on any atom is -0.303 e. The lowest BCUT2D eigenvalue weighted by molar-refractivity contribution is 0.534. The largest absolute Gasteiger partial charge is 0.303 e. The maximum absolute atomic E-state index is 6.06. The third-order valence-corrected chi connectivity index (χ3v) is 3.48. The smallest absolute Gasteiger partial charge is 0.0597 e. The number of nitrogens with zero attached hydrogens (tertiary/aromatic N) is 2. The van der Waals surface area contributed by atoms with Crippen LogP contribution in [0.5, 0.6) is 0 Å². The van der Waals surface area contributed by atoms with Crippen molar-refractivity contribution in [1.29, 1.82) is 0 Å². The zero-order valence-electron chi connectivity index (χ0n) is 11.4. The highest BCUT2D eigenvalue weighted by molar-refractivity contribution is 6.18. The molecule has 0 fully saturated rings. The zero-order chi connectivity index (χ0) is 13.7. The molecular formula is C15H20ClN3. The van der Waals surface area contributed by atoms with E-state index in [0.29, 0.717) is 5.88 Å². The van der Waals surface area contributed by atoms with Gasteiger partial charge in [-0.1, -0.05) is 30.3 Å². The molecule has 0 spiro atoms. The molecule has 0 bridgehead atoms. The second-order valence-electron chi connectivity index (χ2n) is 4.59. The summed E-state index contributed by atoms with van der Waals surface area (Å²) in [5, 5.41) is 7.95. The molecule has 1 aromatic carbocycles. The average molecular weight is 278 g/mol. The summed E-state index contributed by atoms with van der Waals surface area (Å²) < 4.78 is 2.03. The summed E-state index contributed by atoms with van der Waals surface area (Å²) in [5.41, 5.74) is 3.48. The number of hydrogen-bond acceptors (Lipinski definition) is 2. The number of aryl methyl sites for hydroxylation is 2. The van der Waals surface area contributed by atoms with Crippen molar-refractivity contribution >= 4 is 11.6 Å². The highest BCUT2D eigenvalue weighted by Gasteiger charge is 2.11. The number of aromatic nitrogens is 2. The van der Waals surface area contributed by atoms with Crippen molar-refractivity contribution in [1.82, 2.24) is 15.1 Å². The van der Waals surface area contributed by atoms with Crippen LogP contribution < -0.4 is 5.32 Å². The molecule has 1 unspecified atom stereocenters. The van der Waals surface area contributed by atoms with E-state index in [0.717, 1.165) is 18.8 Å². The number of alkyl halides is 1. The molecule has 19 heavy (non-hydrogen) atoms. The molecule has 102 valence electrons. The Kier molecular flexibility index (Phi) is 5.00. The minimum absolute atomic E-state index is 0.170. The third kappa shape index (κ3) is 3.58. The lowest BCUT2D eigenvalue weighted by Crippen LogP contribution is -2.23. The Morgan fingerprint density at radius 1 is 1.32 bits per heavy atom. The summed E-state index contributed by atoms with van der Waals surface area (Å²) in [5.74, 6) is 0.559. The van der Waals surface area contributed by atoms with E-state index in [2.05, 4.69) is 35.5 Å². The fourth-order valence-corrected chi connectivity index (χ4v) is 2.48. The van der Waals surface area contributed by atoms with Gasteiger partial charge in [0.1, 0.15) is 0 Å². The Hall–Kier alpha value is -1.32. The molecule has 1 heterocycles. The maximum atomic E-state index is 6.06. The number of halogens is 1. The molecule has 4 heteroatoms. The molecule has 0 aliphatic carbocycles. The van der Waals surface area contributed by atoms with Crippen LogP contribution in [0, 0.1) is 6.92 Å². The monoisotopic (exact) mass is 277 g/mol. The van der Waals surface area contributed by atoms with Crippen LogP contribution in [0.1, 0.15) is 29.9 Å². The minimum atomic E-state index is 0.170. The van der Waals surface area contributed by atoms with E-state index in [4.69, 9.17) is 11.6 Å². The van der Waals surface area contributed by atoms with Gasteiger partial charge in [-0.25, -0.2) is 0 Å². The molecule has 1 atom stereocenters. The topological polar surface area (TPSA) is 29.9 Å². The van der Waals surface area contributed by atoms with Gasteiger partial charge in [-0.15, -0.1) is 11.6 Å². The van der Waals surface area contributed by atoms with Gasteiger partial charge >= 0.3 is 0 Å². The lowest BCUT2D eigenvalue weighted by Gasteiger charge is -2.16. The van der Waals surface area contributed by atoms with Crippen LogP contribution in [0.4, 0.5) is 0 Å². The summed E-state index contributed by atoms with van der Waals surface area (Å²) >= 11 is 6.06. The average Bonchev–Trinajstić information content (AvgIpc) is 2.81. The predicted molar refractivity (Wildman–Crippen MR) is 79.4 cm³/mol. The highest BCUT2D eigenvalue weighted by Crippen LogP contribution is 2.15. The standard InChI is InChI=1S/C15H20ClN3/c1-3-19-14(9-12(2)18-19)11-17-15(10-16)13-7-5-4-6-8-13/h4-9,15,17H,3,10-11H2,1-2H3. The summed E-state index contributed by atoms with van der Waals surface area (Å²) in [4.78, 5) is 0. The van der Waals surface area contributed by atoms with E-state index in [9.17, 15) is 0 Å². The van der Waals surface area contributed by atoms with E-state index >= 15 is 0 Å². The summed E-state index contributed by atoms with van der Waals surface area (Å²) in [6.07, 6.45) is 0. The summed E-state index contributed by atoms with van der Waals surface area (Å²) in [6.45, 7) is 5.79. The van der Waals surface area contributed by atoms with Crippen molar-refractivity contribution in [2.24, 2.45) is 0 Å². The van der Waals surface area contributed by atoms with Gasteiger partial charge in [-0.3, -0.25) is 4.68 Å².